The van der Waals surface area contributed by atoms with Crippen molar-refractivity contribution in [2.75, 3.05) is 26.2 Å². The van der Waals surface area contributed by atoms with Crippen molar-refractivity contribution >= 4 is 29.7 Å². The summed E-state index contributed by atoms with van der Waals surface area (Å²) in [4.78, 5) is 65.3. The molecule has 42 heavy (non-hydrogen) atoms. The molecule has 0 bridgehead atoms. The third-order valence-corrected chi connectivity index (χ3v) is 7.44. The van der Waals surface area contributed by atoms with Crippen LogP contribution < -0.4 is 5.32 Å². The first-order valence-electron chi connectivity index (χ1n) is 13.6. The van der Waals surface area contributed by atoms with Gasteiger partial charge in [-0.15, -0.1) is 0 Å². The molecule has 2 aliphatic rings. The van der Waals surface area contributed by atoms with Crippen LogP contribution >= 0.6 is 0 Å². The van der Waals surface area contributed by atoms with Crippen LogP contribution in [0.4, 0.5) is 18.0 Å². The minimum Gasteiger partial charge on any atom is -0.465 e. The monoisotopic (exact) mass is 588 g/mol. The normalized spacial score (nSPS) is 17.3. The highest BCUT2D eigenvalue weighted by Gasteiger charge is 2.44. The Morgan fingerprint density at radius 3 is 2.19 bits per heavy atom. The van der Waals surface area contributed by atoms with Crippen LogP contribution in [0.3, 0.4) is 0 Å². The lowest BCUT2D eigenvalue weighted by Crippen LogP contribution is -2.54. The first kappa shape index (κ1) is 30.5. The highest BCUT2D eigenvalue weighted by atomic mass is 19.4. The van der Waals surface area contributed by atoms with E-state index in [4.69, 9.17) is 0 Å². The quantitative estimate of drug-likeness (QED) is 0.306. The molecule has 0 aliphatic carbocycles. The zero-order valence-corrected chi connectivity index (χ0v) is 22.7. The number of rotatable bonds is 11. The lowest BCUT2D eigenvalue weighted by molar-refractivity contribution is -0.186. The molecule has 2 heterocycles. The van der Waals surface area contributed by atoms with E-state index in [1.807, 2.05) is 0 Å². The molecule has 2 unspecified atom stereocenters. The summed E-state index contributed by atoms with van der Waals surface area (Å²) >= 11 is 0. The van der Waals surface area contributed by atoms with Crippen molar-refractivity contribution in [1.82, 2.24) is 20.0 Å². The fourth-order valence-corrected chi connectivity index (χ4v) is 5.44. The van der Waals surface area contributed by atoms with Gasteiger partial charge in [0, 0.05) is 38.6 Å². The van der Waals surface area contributed by atoms with Crippen LogP contribution in [0.25, 0.3) is 0 Å². The van der Waals surface area contributed by atoms with E-state index in [-0.39, 0.29) is 56.6 Å². The number of alkyl halides is 3. The molecule has 1 saturated heterocycles. The molecular formula is C29H31F3N4O6. The Kier molecular flexibility index (Phi) is 9.48. The molecule has 2 aromatic carbocycles. The second kappa shape index (κ2) is 13.0. The van der Waals surface area contributed by atoms with Crippen LogP contribution in [0.5, 0.6) is 0 Å². The number of hydrogen-bond acceptors (Lipinski definition) is 5. The Morgan fingerprint density at radius 1 is 0.976 bits per heavy atom. The molecule has 2 atom stereocenters. The zero-order valence-electron chi connectivity index (χ0n) is 22.7. The van der Waals surface area contributed by atoms with Gasteiger partial charge in [-0.3, -0.25) is 24.1 Å². The van der Waals surface area contributed by atoms with Gasteiger partial charge >= 0.3 is 18.2 Å². The summed E-state index contributed by atoms with van der Waals surface area (Å²) in [5.41, 5.74) is 1.24. The van der Waals surface area contributed by atoms with Gasteiger partial charge < -0.3 is 20.2 Å². The van der Waals surface area contributed by atoms with Crippen LogP contribution in [-0.4, -0.2) is 94.0 Å². The third-order valence-electron chi connectivity index (χ3n) is 7.44. The summed E-state index contributed by atoms with van der Waals surface area (Å²) in [5, 5.41) is 11.5. The minimum atomic E-state index is -5.14. The predicted octanol–water partition coefficient (Wildman–Crippen LogP) is 3.32. The lowest BCUT2D eigenvalue weighted by Gasteiger charge is -2.33. The summed E-state index contributed by atoms with van der Waals surface area (Å²) in [7, 11) is 0. The molecule has 0 radical (unpaired) electrons. The average molecular weight is 589 g/mol. The number of likely N-dealkylation sites (tertiary alicyclic amines) is 1. The first-order valence-corrected chi connectivity index (χ1v) is 13.6. The van der Waals surface area contributed by atoms with Crippen LogP contribution in [0, 0.1) is 0 Å². The summed E-state index contributed by atoms with van der Waals surface area (Å²) in [6, 6.07) is 13.2. The predicted molar refractivity (Wildman–Crippen MR) is 144 cm³/mol. The number of nitrogens with zero attached hydrogens (tertiary/aromatic N) is 3. The molecule has 5 amide bonds. The van der Waals surface area contributed by atoms with E-state index in [2.05, 4.69) is 5.32 Å². The van der Waals surface area contributed by atoms with E-state index in [0.29, 0.717) is 23.3 Å². The molecule has 2 aromatic rings. The molecule has 0 spiro atoms. The number of nitrogens with one attached hydrogen (secondary N) is 1. The van der Waals surface area contributed by atoms with Crippen molar-refractivity contribution < 1.29 is 42.3 Å². The average Bonchev–Trinajstić information content (AvgIpc) is 3.51. The first-order chi connectivity index (χ1) is 20.0. The van der Waals surface area contributed by atoms with E-state index in [1.54, 1.807) is 42.5 Å². The number of hydrogen-bond donors (Lipinski definition) is 2. The van der Waals surface area contributed by atoms with Gasteiger partial charge in [0.2, 0.25) is 5.91 Å². The Labute approximate surface area is 240 Å². The maximum Gasteiger partial charge on any atom is 0.471 e. The largest absolute Gasteiger partial charge is 0.471 e. The van der Waals surface area contributed by atoms with Crippen molar-refractivity contribution in [3.05, 3.63) is 71.3 Å². The van der Waals surface area contributed by atoms with Crippen LogP contribution in [0.2, 0.25) is 0 Å². The van der Waals surface area contributed by atoms with Crippen molar-refractivity contribution in [2.45, 2.75) is 50.4 Å². The SMILES string of the molecule is O=C(O)NC(Cc1ccccc1)C(=O)N1CCCC1CN(CCCCN1C(=O)c2ccccc2C1=O)C(=O)C(F)(F)F. The number of amides is 5. The zero-order chi connectivity index (χ0) is 30.4. The Morgan fingerprint density at radius 2 is 1.60 bits per heavy atom. The number of carbonyl (C=O) groups is 5. The van der Waals surface area contributed by atoms with Gasteiger partial charge in [-0.1, -0.05) is 42.5 Å². The third kappa shape index (κ3) is 7.07. The highest BCUT2D eigenvalue weighted by molar-refractivity contribution is 6.21. The van der Waals surface area contributed by atoms with Crippen LogP contribution in [-0.2, 0) is 16.0 Å². The van der Waals surface area contributed by atoms with Crippen molar-refractivity contribution in [3.63, 3.8) is 0 Å². The van der Waals surface area contributed by atoms with Gasteiger partial charge in [0.05, 0.1) is 11.1 Å². The van der Waals surface area contributed by atoms with E-state index < -0.39 is 48.0 Å². The van der Waals surface area contributed by atoms with Gasteiger partial charge in [0.25, 0.3) is 11.8 Å². The van der Waals surface area contributed by atoms with Crippen molar-refractivity contribution in [1.29, 1.82) is 0 Å². The molecule has 0 saturated carbocycles. The summed E-state index contributed by atoms with van der Waals surface area (Å²) in [5.74, 6) is -3.57. The molecule has 2 aliphatic heterocycles. The molecule has 4 rings (SSSR count). The lowest BCUT2D eigenvalue weighted by atomic mass is 10.0. The molecule has 10 nitrogen and oxygen atoms in total. The van der Waals surface area contributed by atoms with Gasteiger partial charge in [-0.05, 0) is 43.4 Å². The number of fused-ring (bicyclic) bond motifs is 1. The number of benzene rings is 2. The standard InChI is InChI=1S/C29H31F3N4O6/c30-29(31,32)27(40)34(14-6-7-15-36-24(37)21-12-4-5-13-22(21)25(36)38)18-20-11-8-16-35(20)26(39)23(33-28(41)42)17-19-9-2-1-3-10-19/h1-5,9-10,12-13,20,23,33H,6-8,11,14-18H2,(H,41,42). The van der Waals surface area contributed by atoms with Gasteiger partial charge in [-0.2, -0.15) is 13.2 Å². The molecular weight excluding hydrogens is 557 g/mol. The van der Waals surface area contributed by atoms with Crippen molar-refractivity contribution in [2.24, 2.45) is 0 Å². The molecule has 2 N–H and O–H groups in total. The van der Waals surface area contributed by atoms with Gasteiger partial charge in [-0.25, -0.2) is 4.79 Å². The molecule has 1 fully saturated rings. The second-order valence-electron chi connectivity index (χ2n) is 10.3. The van der Waals surface area contributed by atoms with E-state index >= 15 is 0 Å². The van der Waals surface area contributed by atoms with Crippen LogP contribution in [0.15, 0.2) is 54.6 Å². The van der Waals surface area contributed by atoms with Gasteiger partial charge in [0.1, 0.15) is 6.04 Å². The maximum atomic E-state index is 13.5. The van der Waals surface area contributed by atoms with Gasteiger partial charge in [0.15, 0.2) is 0 Å². The smallest absolute Gasteiger partial charge is 0.465 e. The Bertz CT molecular complexity index is 1300. The Hall–Kier alpha value is -4.42. The number of imide groups is 1. The maximum absolute atomic E-state index is 13.5. The minimum absolute atomic E-state index is 0.0174. The summed E-state index contributed by atoms with van der Waals surface area (Å²) in [6.07, 6.45) is -5.43. The number of carboxylic acid groups (broad SMARTS) is 1. The fraction of sp³-hybridized carbons (Fsp3) is 0.414. The Balaban J connectivity index is 1.40. The molecule has 0 aromatic heterocycles. The number of unbranched alkanes of at least 4 members (excludes halogenated alkanes) is 1. The number of halogens is 3. The molecule has 224 valence electrons. The summed E-state index contributed by atoms with van der Waals surface area (Å²) < 4.78 is 40.5. The van der Waals surface area contributed by atoms with E-state index in [1.165, 1.54) is 17.0 Å². The van der Waals surface area contributed by atoms with E-state index in [0.717, 1.165) is 4.90 Å². The fourth-order valence-electron chi connectivity index (χ4n) is 5.44. The van der Waals surface area contributed by atoms with E-state index in [9.17, 15) is 42.3 Å². The van der Waals surface area contributed by atoms with Crippen LogP contribution in [0.1, 0.15) is 52.0 Å². The topological polar surface area (TPSA) is 127 Å². The second-order valence-corrected chi connectivity index (χ2v) is 10.3. The summed E-state index contributed by atoms with van der Waals surface area (Å²) in [6.45, 7) is -0.497. The molecule has 13 heteroatoms. The highest BCUT2D eigenvalue weighted by Crippen LogP contribution is 2.25. The number of carbonyl (C=O) groups excluding carboxylic acids is 4. The van der Waals surface area contributed by atoms with Crippen molar-refractivity contribution in [3.8, 4) is 0 Å².